The highest BCUT2D eigenvalue weighted by atomic mass is 16.3. The molecule has 8 heteroatoms. The van der Waals surface area contributed by atoms with E-state index in [0.717, 1.165) is 4.57 Å². The summed E-state index contributed by atoms with van der Waals surface area (Å²) in [6.07, 6.45) is 0. The average Bonchev–Trinajstić information content (AvgIpc) is 2.81. The van der Waals surface area contributed by atoms with Gasteiger partial charge in [0.1, 0.15) is 0 Å². The molecule has 2 heterocycles. The third kappa shape index (κ3) is 2.01. The molecule has 2 aromatic heterocycles. The van der Waals surface area contributed by atoms with Crippen LogP contribution in [0.4, 0.5) is 5.95 Å². The number of hydrogen-bond donors (Lipinski definition) is 2. The Morgan fingerprint density at radius 2 is 1.85 bits per heavy atom. The second-order valence-corrected chi connectivity index (χ2v) is 4.39. The van der Waals surface area contributed by atoms with Crippen molar-refractivity contribution in [1.82, 2.24) is 18.7 Å². The van der Waals surface area contributed by atoms with Crippen molar-refractivity contribution in [2.24, 2.45) is 7.05 Å². The van der Waals surface area contributed by atoms with Crippen LogP contribution in [0.15, 0.2) is 9.59 Å². The molecule has 0 aromatic carbocycles. The van der Waals surface area contributed by atoms with Crippen LogP contribution in [0.2, 0.25) is 0 Å². The molecule has 8 nitrogen and oxygen atoms in total. The summed E-state index contributed by atoms with van der Waals surface area (Å²) in [6, 6.07) is 0. The molecule has 2 rings (SSSR count). The zero-order valence-corrected chi connectivity index (χ0v) is 11.9. The first-order chi connectivity index (χ1) is 9.56. The van der Waals surface area contributed by atoms with E-state index in [1.54, 1.807) is 4.57 Å². The Bertz CT molecular complexity index is 740. The normalized spacial score (nSPS) is 11.2. The lowest BCUT2D eigenvalue weighted by molar-refractivity contribution is 0.310. The van der Waals surface area contributed by atoms with Crippen molar-refractivity contribution < 1.29 is 5.11 Å². The van der Waals surface area contributed by atoms with Crippen LogP contribution >= 0.6 is 0 Å². The molecule has 0 unspecified atom stereocenters. The minimum atomic E-state index is -0.375. The zero-order valence-electron chi connectivity index (χ0n) is 11.9. The standard InChI is InChI=1S/C12H19N5O3/c1-4-16-8-9(14-11(16)13-6-7-18)17(5-2)12(20)15(3)10(8)19/h18H,4-7H2,1-3H3,(H,13,14). The summed E-state index contributed by atoms with van der Waals surface area (Å²) in [5.74, 6) is 0.487. The molecule has 20 heavy (non-hydrogen) atoms. The van der Waals surface area contributed by atoms with Crippen molar-refractivity contribution >= 4 is 17.1 Å². The fraction of sp³-hybridized carbons (Fsp3) is 0.583. The molecule has 0 saturated heterocycles. The smallest absolute Gasteiger partial charge is 0.332 e. The molecule has 2 aromatic rings. The third-order valence-electron chi connectivity index (χ3n) is 3.26. The largest absolute Gasteiger partial charge is 0.395 e. The highest BCUT2D eigenvalue weighted by molar-refractivity contribution is 5.74. The Balaban J connectivity index is 2.86. The van der Waals surface area contributed by atoms with Gasteiger partial charge in [0.25, 0.3) is 5.56 Å². The third-order valence-corrected chi connectivity index (χ3v) is 3.26. The maximum absolute atomic E-state index is 12.3. The van der Waals surface area contributed by atoms with Crippen LogP contribution in [-0.4, -0.2) is 36.9 Å². The Kier molecular flexibility index (Phi) is 3.93. The van der Waals surface area contributed by atoms with Crippen molar-refractivity contribution in [3.63, 3.8) is 0 Å². The molecule has 0 aliphatic carbocycles. The second-order valence-electron chi connectivity index (χ2n) is 4.39. The van der Waals surface area contributed by atoms with Crippen LogP contribution in [0.25, 0.3) is 11.2 Å². The number of aromatic nitrogens is 4. The number of hydrogen-bond acceptors (Lipinski definition) is 5. The highest BCUT2D eigenvalue weighted by Crippen LogP contribution is 2.15. The van der Waals surface area contributed by atoms with Crippen molar-refractivity contribution in [3.05, 3.63) is 20.8 Å². The number of anilines is 1. The predicted octanol–water partition coefficient (Wildman–Crippen LogP) is -0.659. The lowest BCUT2D eigenvalue weighted by atomic mass is 10.4. The van der Waals surface area contributed by atoms with Crippen LogP contribution in [0.5, 0.6) is 0 Å². The topological polar surface area (TPSA) is 94.1 Å². The average molecular weight is 281 g/mol. The molecule has 0 spiro atoms. The van der Waals surface area contributed by atoms with Crippen LogP contribution in [0.3, 0.4) is 0 Å². The fourth-order valence-corrected chi connectivity index (χ4v) is 2.25. The number of aliphatic hydroxyl groups excluding tert-OH is 1. The van der Waals surface area contributed by atoms with E-state index in [4.69, 9.17) is 5.11 Å². The lowest BCUT2D eigenvalue weighted by Gasteiger charge is -2.08. The molecule has 0 saturated carbocycles. The number of nitrogens with one attached hydrogen (secondary N) is 1. The summed E-state index contributed by atoms with van der Waals surface area (Å²) < 4.78 is 4.28. The lowest BCUT2D eigenvalue weighted by Crippen LogP contribution is -2.38. The van der Waals surface area contributed by atoms with E-state index in [9.17, 15) is 9.59 Å². The number of fused-ring (bicyclic) bond motifs is 1. The summed E-state index contributed by atoms with van der Waals surface area (Å²) in [7, 11) is 1.46. The van der Waals surface area contributed by atoms with Crippen molar-refractivity contribution in [3.8, 4) is 0 Å². The van der Waals surface area contributed by atoms with Gasteiger partial charge in [-0.2, -0.15) is 4.98 Å². The minimum absolute atomic E-state index is 0.0362. The Morgan fingerprint density at radius 3 is 2.40 bits per heavy atom. The van der Waals surface area contributed by atoms with E-state index < -0.39 is 0 Å². The van der Waals surface area contributed by atoms with Gasteiger partial charge in [0, 0.05) is 26.7 Å². The van der Waals surface area contributed by atoms with E-state index in [2.05, 4.69) is 10.3 Å². The molecular formula is C12H19N5O3. The van der Waals surface area contributed by atoms with Gasteiger partial charge >= 0.3 is 5.69 Å². The van der Waals surface area contributed by atoms with Gasteiger partial charge in [-0.05, 0) is 13.8 Å². The van der Waals surface area contributed by atoms with Crippen LogP contribution in [-0.2, 0) is 20.1 Å². The molecular weight excluding hydrogens is 262 g/mol. The summed E-state index contributed by atoms with van der Waals surface area (Å²) in [4.78, 5) is 28.7. The summed E-state index contributed by atoms with van der Waals surface area (Å²) in [6.45, 7) is 5.00. The molecule has 0 radical (unpaired) electrons. The highest BCUT2D eigenvalue weighted by Gasteiger charge is 2.18. The fourth-order valence-electron chi connectivity index (χ4n) is 2.25. The van der Waals surface area contributed by atoms with E-state index in [1.807, 2.05) is 13.8 Å². The summed E-state index contributed by atoms with van der Waals surface area (Å²) >= 11 is 0. The first-order valence-electron chi connectivity index (χ1n) is 6.61. The van der Waals surface area contributed by atoms with E-state index in [0.29, 0.717) is 36.7 Å². The molecule has 0 atom stereocenters. The zero-order chi connectivity index (χ0) is 14.9. The Hall–Kier alpha value is -2.09. The van der Waals surface area contributed by atoms with Gasteiger partial charge in [-0.1, -0.05) is 0 Å². The number of aliphatic hydroxyl groups is 1. The van der Waals surface area contributed by atoms with Gasteiger partial charge in [-0.3, -0.25) is 13.9 Å². The SMILES string of the molecule is CCn1c(NCCO)nc2c1c(=O)n(C)c(=O)n2CC. The van der Waals surface area contributed by atoms with Crippen LogP contribution in [0, 0.1) is 0 Å². The molecule has 0 fully saturated rings. The number of aryl methyl sites for hydroxylation is 2. The monoisotopic (exact) mass is 281 g/mol. The maximum atomic E-state index is 12.3. The number of rotatable bonds is 5. The van der Waals surface area contributed by atoms with Crippen molar-refractivity contribution in [1.29, 1.82) is 0 Å². The minimum Gasteiger partial charge on any atom is -0.395 e. The van der Waals surface area contributed by atoms with Crippen LogP contribution in [0.1, 0.15) is 13.8 Å². The van der Waals surface area contributed by atoms with Gasteiger partial charge in [-0.15, -0.1) is 0 Å². The molecule has 0 aliphatic rings. The Morgan fingerprint density at radius 1 is 1.20 bits per heavy atom. The van der Waals surface area contributed by atoms with E-state index >= 15 is 0 Å². The van der Waals surface area contributed by atoms with Gasteiger partial charge in [-0.25, -0.2) is 4.79 Å². The molecule has 110 valence electrons. The van der Waals surface area contributed by atoms with Gasteiger partial charge in [0.15, 0.2) is 11.2 Å². The summed E-state index contributed by atoms with van der Waals surface area (Å²) in [5.41, 5.74) is 0.0420. The van der Waals surface area contributed by atoms with Gasteiger partial charge in [0.05, 0.1) is 6.61 Å². The molecule has 0 amide bonds. The number of imidazole rings is 1. The van der Waals surface area contributed by atoms with E-state index in [1.165, 1.54) is 11.6 Å². The predicted molar refractivity (Wildman–Crippen MR) is 76.2 cm³/mol. The molecule has 0 aliphatic heterocycles. The maximum Gasteiger partial charge on any atom is 0.332 e. The quantitative estimate of drug-likeness (QED) is 0.759. The Labute approximate surface area is 115 Å². The molecule has 0 bridgehead atoms. The summed E-state index contributed by atoms with van der Waals surface area (Å²) in [5, 5.41) is 11.8. The van der Waals surface area contributed by atoms with Crippen LogP contribution < -0.4 is 16.6 Å². The van der Waals surface area contributed by atoms with Crippen molar-refractivity contribution in [2.45, 2.75) is 26.9 Å². The van der Waals surface area contributed by atoms with Crippen molar-refractivity contribution in [2.75, 3.05) is 18.5 Å². The second kappa shape index (κ2) is 5.49. The van der Waals surface area contributed by atoms with Gasteiger partial charge < -0.3 is 15.0 Å². The number of nitrogens with zero attached hydrogens (tertiary/aromatic N) is 4. The van der Waals surface area contributed by atoms with Gasteiger partial charge in [0.2, 0.25) is 5.95 Å². The first-order valence-corrected chi connectivity index (χ1v) is 6.61. The van der Waals surface area contributed by atoms with E-state index in [-0.39, 0.29) is 17.9 Å². The molecule has 2 N–H and O–H groups in total. The first kappa shape index (κ1) is 14.3.